The van der Waals surface area contributed by atoms with E-state index in [1.165, 1.54) is 24.3 Å². The molecule has 0 aliphatic rings. The molecule has 0 bridgehead atoms. The second-order valence-corrected chi connectivity index (χ2v) is 7.81. The third-order valence-electron chi connectivity index (χ3n) is 3.91. The van der Waals surface area contributed by atoms with Gasteiger partial charge >= 0.3 is 0 Å². The van der Waals surface area contributed by atoms with E-state index < -0.39 is 15.0 Å². The van der Waals surface area contributed by atoms with Crippen LogP contribution in [0.2, 0.25) is 0 Å². The highest BCUT2D eigenvalue weighted by molar-refractivity contribution is 7.85. The van der Waals surface area contributed by atoms with E-state index in [4.69, 9.17) is 4.55 Å². The number of pyridine rings is 1. The molecule has 11 nitrogen and oxygen atoms in total. The third-order valence-corrected chi connectivity index (χ3v) is 4.66. The average molecular weight is 423 g/mol. The number of nitrogens with one attached hydrogen (secondary N) is 1. The molecule has 29 heavy (non-hydrogen) atoms. The van der Waals surface area contributed by atoms with Crippen LogP contribution in [0.3, 0.4) is 0 Å². The first-order chi connectivity index (χ1) is 13.7. The molecule has 1 aromatic carbocycles. The summed E-state index contributed by atoms with van der Waals surface area (Å²) in [7, 11) is -4.05. The van der Waals surface area contributed by atoms with Crippen LogP contribution in [0.4, 0.5) is 22.9 Å². The smallest absolute Gasteiger partial charge is 0.287 e. The molecule has 0 radical (unpaired) electrons. The average Bonchev–Trinajstić information content (AvgIpc) is 2.65. The summed E-state index contributed by atoms with van der Waals surface area (Å²) in [6.45, 7) is 1.95. The van der Waals surface area contributed by atoms with Gasteiger partial charge in [-0.2, -0.15) is 8.42 Å². The maximum atomic E-state index is 11.0. The molecular weight excluding hydrogens is 402 g/mol. The van der Waals surface area contributed by atoms with Crippen molar-refractivity contribution in [2.75, 3.05) is 11.1 Å². The lowest BCUT2D eigenvalue weighted by molar-refractivity contribution is -0.385. The second-order valence-electron chi connectivity index (χ2n) is 6.24. The molecule has 2 rings (SSSR count). The predicted molar refractivity (Wildman–Crippen MR) is 107 cm³/mol. The van der Waals surface area contributed by atoms with Gasteiger partial charge in [0.15, 0.2) is 5.82 Å². The summed E-state index contributed by atoms with van der Waals surface area (Å²) in [6.07, 6.45) is 2.77. The molecule has 156 valence electrons. The van der Waals surface area contributed by atoms with Gasteiger partial charge in [0, 0.05) is 23.9 Å². The quantitative estimate of drug-likeness (QED) is 0.223. The van der Waals surface area contributed by atoms with Crippen LogP contribution in [0, 0.1) is 10.1 Å². The van der Waals surface area contributed by atoms with Crippen LogP contribution in [0.5, 0.6) is 5.75 Å². The van der Waals surface area contributed by atoms with Gasteiger partial charge in [-0.25, -0.2) is 4.98 Å². The molecule has 0 aliphatic heterocycles. The van der Waals surface area contributed by atoms with Crippen molar-refractivity contribution in [3.63, 3.8) is 0 Å². The maximum absolute atomic E-state index is 11.0. The summed E-state index contributed by atoms with van der Waals surface area (Å²) in [5.74, 6) is -0.373. The number of rotatable bonds is 10. The van der Waals surface area contributed by atoms with Crippen LogP contribution < -0.4 is 5.32 Å². The number of hydrogen-bond donors (Lipinski definition) is 3. The minimum Gasteiger partial charge on any atom is -0.506 e. The number of aromatic hydroxyl groups is 1. The Morgan fingerprint density at radius 3 is 2.55 bits per heavy atom. The minimum absolute atomic E-state index is 0.144. The SMILES string of the molecule is CCCC(CCS(=O)(=O)O)Nc1ccc(N=Nc2ccc([N+](=O)[O-])cn2)c(O)c1. The zero-order valence-corrected chi connectivity index (χ0v) is 16.4. The van der Waals surface area contributed by atoms with Gasteiger partial charge in [0.2, 0.25) is 0 Å². The van der Waals surface area contributed by atoms with Crippen molar-refractivity contribution >= 4 is 33.0 Å². The summed E-state index contributed by atoms with van der Waals surface area (Å²) >= 11 is 0. The van der Waals surface area contributed by atoms with E-state index in [2.05, 4.69) is 20.5 Å². The fourth-order valence-electron chi connectivity index (χ4n) is 2.51. The van der Waals surface area contributed by atoms with E-state index in [1.807, 2.05) is 6.92 Å². The number of nitrogens with zero attached hydrogens (tertiary/aromatic N) is 4. The fraction of sp³-hybridized carbons (Fsp3) is 0.353. The zero-order chi connectivity index (χ0) is 21.4. The lowest BCUT2D eigenvalue weighted by Crippen LogP contribution is -2.23. The van der Waals surface area contributed by atoms with E-state index >= 15 is 0 Å². The van der Waals surface area contributed by atoms with Gasteiger partial charge < -0.3 is 10.4 Å². The minimum atomic E-state index is -4.05. The standard InChI is InChI=1S/C17H21N5O6S/c1-2-3-12(8-9-29(26,27)28)19-13-4-6-15(16(23)10-13)20-21-17-7-5-14(11-18-17)22(24)25/h4-7,10-12,19,23H,2-3,8-9H2,1H3,(H,26,27,28). The fourth-order valence-corrected chi connectivity index (χ4v) is 3.09. The van der Waals surface area contributed by atoms with Crippen molar-refractivity contribution < 1.29 is 23.0 Å². The van der Waals surface area contributed by atoms with Gasteiger partial charge in [0.1, 0.15) is 17.6 Å². The highest BCUT2D eigenvalue weighted by Crippen LogP contribution is 2.31. The Morgan fingerprint density at radius 1 is 1.24 bits per heavy atom. The van der Waals surface area contributed by atoms with Gasteiger partial charge in [-0.3, -0.25) is 14.7 Å². The highest BCUT2D eigenvalue weighted by Gasteiger charge is 2.14. The van der Waals surface area contributed by atoms with E-state index in [-0.39, 0.29) is 41.2 Å². The molecule has 1 unspecified atom stereocenters. The molecule has 2 aromatic rings. The highest BCUT2D eigenvalue weighted by atomic mass is 32.2. The number of aromatic nitrogens is 1. The molecule has 0 fully saturated rings. The van der Waals surface area contributed by atoms with Gasteiger partial charge in [0.05, 0.1) is 10.7 Å². The van der Waals surface area contributed by atoms with Crippen LogP contribution in [0.15, 0.2) is 46.8 Å². The number of anilines is 1. The molecule has 1 atom stereocenters. The van der Waals surface area contributed by atoms with E-state index in [9.17, 15) is 23.6 Å². The third kappa shape index (κ3) is 7.43. The number of phenolic OH excluding ortho intramolecular Hbond substituents is 1. The number of benzene rings is 1. The van der Waals surface area contributed by atoms with Gasteiger partial charge in [-0.15, -0.1) is 10.2 Å². The van der Waals surface area contributed by atoms with Gasteiger partial charge in [0.25, 0.3) is 15.8 Å². The molecule has 0 saturated carbocycles. The second kappa shape index (κ2) is 9.89. The number of phenols is 1. The normalized spacial score (nSPS) is 12.8. The summed E-state index contributed by atoms with van der Waals surface area (Å²) in [5, 5.41) is 31.6. The Bertz CT molecular complexity index is 978. The molecule has 0 spiro atoms. The van der Waals surface area contributed by atoms with E-state index in [0.29, 0.717) is 12.1 Å². The summed E-state index contributed by atoms with van der Waals surface area (Å²) in [6, 6.07) is 6.96. The Hall–Kier alpha value is -3.12. The van der Waals surface area contributed by atoms with Crippen molar-refractivity contribution in [3.05, 3.63) is 46.6 Å². The number of nitro groups is 1. The molecule has 0 saturated heterocycles. The zero-order valence-electron chi connectivity index (χ0n) is 15.6. The number of hydrogen-bond acceptors (Lipinski definition) is 9. The van der Waals surface area contributed by atoms with Crippen molar-refractivity contribution in [2.45, 2.75) is 32.2 Å². The topological polar surface area (TPSA) is 167 Å². The Balaban J connectivity index is 2.07. The summed E-state index contributed by atoms with van der Waals surface area (Å²) in [5.41, 5.74) is 0.558. The largest absolute Gasteiger partial charge is 0.506 e. The molecule has 0 amide bonds. The first kappa shape index (κ1) is 22.2. The molecule has 12 heteroatoms. The first-order valence-corrected chi connectivity index (χ1v) is 10.4. The Labute approximate surface area is 167 Å². The van der Waals surface area contributed by atoms with Crippen molar-refractivity contribution in [3.8, 4) is 5.75 Å². The van der Waals surface area contributed by atoms with Crippen LogP contribution in [0.1, 0.15) is 26.2 Å². The molecule has 0 aliphatic carbocycles. The molecule has 1 heterocycles. The maximum Gasteiger partial charge on any atom is 0.287 e. The lowest BCUT2D eigenvalue weighted by atomic mass is 10.1. The molecular formula is C17H21N5O6S. The molecule has 3 N–H and O–H groups in total. The van der Waals surface area contributed by atoms with Gasteiger partial charge in [-0.05, 0) is 31.0 Å². The van der Waals surface area contributed by atoms with Crippen molar-refractivity contribution in [2.24, 2.45) is 10.2 Å². The lowest BCUT2D eigenvalue weighted by Gasteiger charge is -2.19. The summed E-state index contributed by atoms with van der Waals surface area (Å²) in [4.78, 5) is 13.8. The van der Waals surface area contributed by atoms with E-state index in [1.54, 1.807) is 6.07 Å². The monoisotopic (exact) mass is 423 g/mol. The van der Waals surface area contributed by atoms with E-state index in [0.717, 1.165) is 12.6 Å². The number of azo groups is 1. The first-order valence-electron chi connectivity index (χ1n) is 8.75. The van der Waals surface area contributed by atoms with Crippen molar-refractivity contribution in [1.29, 1.82) is 0 Å². The van der Waals surface area contributed by atoms with Gasteiger partial charge in [-0.1, -0.05) is 13.3 Å². The Kier molecular flexibility index (Phi) is 7.56. The summed E-state index contributed by atoms with van der Waals surface area (Å²) < 4.78 is 30.8. The van der Waals surface area contributed by atoms with Crippen LogP contribution in [0.25, 0.3) is 0 Å². The van der Waals surface area contributed by atoms with Crippen LogP contribution in [-0.2, 0) is 10.1 Å². The van der Waals surface area contributed by atoms with Crippen LogP contribution >= 0.6 is 0 Å². The van der Waals surface area contributed by atoms with Crippen LogP contribution in [-0.4, -0.2) is 39.8 Å². The molecule has 1 aromatic heterocycles. The Morgan fingerprint density at radius 2 is 2.00 bits per heavy atom. The predicted octanol–water partition coefficient (Wildman–Crippen LogP) is 3.97. The van der Waals surface area contributed by atoms with Crippen molar-refractivity contribution in [1.82, 2.24) is 4.98 Å².